The second-order valence-electron chi connectivity index (χ2n) is 4.82. The number of rotatable bonds is 7. The maximum atomic E-state index is 8.92. The molecular formula is C14H21BrN4O. The lowest BCUT2D eigenvalue weighted by atomic mass is 10.3. The smallest absolute Gasteiger partial charge is 0.177 e. The quantitative estimate of drug-likeness (QED) is 0.839. The highest BCUT2D eigenvalue weighted by Crippen LogP contribution is 2.18. The number of aliphatic hydroxyl groups is 1. The predicted molar refractivity (Wildman–Crippen MR) is 83.8 cm³/mol. The molecule has 0 aromatic carbocycles. The number of aromatic nitrogens is 3. The summed E-state index contributed by atoms with van der Waals surface area (Å²) in [6, 6.07) is 2.06. The third kappa shape index (κ3) is 3.56. The molecule has 0 saturated heterocycles. The fourth-order valence-electron chi connectivity index (χ4n) is 2.34. The first-order chi connectivity index (χ1) is 9.65. The number of likely N-dealkylation sites (N-methyl/N-ethyl adjacent to an activating group) is 1. The van der Waals surface area contributed by atoms with Crippen molar-refractivity contribution in [3.05, 3.63) is 22.6 Å². The van der Waals surface area contributed by atoms with E-state index in [1.165, 1.54) is 0 Å². The van der Waals surface area contributed by atoms with Gasteiger partial charge in [0.2, 0.25) is 0 Å². The molecule has 0 amide bonds. The first-order valence-corrected chi connectivity index (χ1v) is 7.76. The molecule has 0 radical (unpaired) electrons. The Hall–Kier alpha value is -0.980. The number of fused-ring (bicyclic) bond motifs is 1. The van der Waals surface area contributed by atoms with Gasteiger partial charge in [0.25, 0.3) is 0 Å². The SMILES string of the molecule is CCN(CCCO)CCn1c(C)nc2ncc(Br)cc21. The molecule has 2 heterocycles. The van der Waals surface area contributed by atoms with E-state index in [4.69, 9.17) is 5.11 Å². The normalized spacial score (nSPS) is 11.7. The van der Waals surface area contributed by atoms with Crippen molar-refractivity contribution in [3.63, 3.8) is 0 Å². The maximum Gasteiger partial charge on any atom is 0.177 e. The van der Waals surface area contributed by atoms with Crippen LogP contribution >= 0.6 is 15.9 Å². The summed E-state index contributed by atoms with van der Waals surface area (Å²) in [6.45, 7) is 8.18. The van der Waals surface area contributed by atoms with Crippen LogP contribution in [-0.2, 0) is 6.54 Å². The largest absolute Gasteiger partial charge is 0.396 e. The Morgan fingerprint density at radius 3 is 2.90 bits per heavy atom. The van der Waals surface area contributed by atoms with Crippen molar-refractivity contribution in [1.29, 1.82) is 0 Å². The van der Waals surface area contributed by atoms with Gasteiger partial charge in [-0.2, -0.15) is 0 Å². The van der Waals surface area contributed by atoms with E-state index in [0.717, 1.165) is 54.1 Å². The van der Waals surface area contributed by atoms with Crippen molar-refractivity contribution in [2.45, 2.75) is 26.8 Å². The van der Waals surface area contributed by atoms with Crippen LogP contribution in [0.4, 0.5) is 0 Å². The molecule has 0 aliphatic carbocycles. The summed E-state index contributed by atoms with van der Waals surface area (Å²) in [4.78, 5) is 11.2. The number of aryl methyl sites for hydroxylation is 1. The first kappa shape index (κ1) is 15.4. The average molecular weight is 341 g/mol. The zero-order chi connectivity index (χ0) is 14.5. The predicted octanol–water partition coefficient (Wildman–Crippen LogP) is 2.21. The summed E-state index contributed by atoms with van der Waals surface area (Å²) in [5.74, 6) is 0.990. The molecule has 5 nitrogen and oxygen atoms in total. The third-order valence-corrected chi connectivity index (χ3v) is 3.92. The third-order valence-electron chi connectivity index (χ3n) is 3.48. The van der Waals surface area contributed by atoms with Crippen LogP contribution in [0.1, 0.15) is 19.2 Å². The Labute approximate surface area is 127 Å². The maximum absolute atomic E-state index is 8.92. The summed E-state index contributed by atoms with van der Waals surface area (Å²) in [6.07, 6.45) is 2.60. The number of aliphatic hydroxyl groups excluding tert-OH is 1. The monoisotopic (exact) mass is 340 g/mol. The van der Waals surface area contributed by atoms with Crippen molar-refractivity contribution in [3.8, 4) is 0 Å². The zero-order valence-corrected chi connectivity index (χ0v) is 13.6. The molecule has 2 aromatic rings. The van der Waals surface area contributed by atoms with E-state index in [1.807, 2.05) is 6.92 Å². The molecule has 6 heteroatoms. The lowest BCUT2D eigenvalue weighted by Gasteiger charge is -2.20. The Balaban J connectivity index is 2.12. The highest BCUT2D eigenvalue weighted by molar-refractivity contribution is 9.10. The van der Waals surface area contributed by atoms with Gasteiger partial charge in [0.15, 0.2) is 5.65 Å². The minimum Gasteiger partial charge on any atom is -0.396 e. The lowest BCUT2D eigenvalue weighted by Crippen LogP contribution is -2.29. The van der Waals surface area contributed by atoms with Gasteiger partial charge in [-0.05, 0) is 41.9 Å². The summed E-state index contributed by atoms with van der Waals surface area (Å²) in [5, 5.41) is 8.92. The molecule has 0 atom stereocenters. The van der Waals surface area contributed by atoms with Gasteiger partial charge in [-0.15, -0.1) is 0 Å². The number of halogens is 1. The minimum absolute atomic E-state index is 0.250. The van der Waals surface area contributed by atoms with E-state index in [1.54, 1.807) is 6.20 Å². The van der Waals surface area contributed by atoms with Crippen molar-refractivity contribution < 1.29 is 5.11 Å². The molecule has 0 spiro atoms. The van der Waals surface area contributed by atoms with E-state index in [9.17, 15) is 0 Å². The number of nitrogens with zero attached hydrogens (tertiary/aromatic N) is 4. The molecule has 1 N–H and O–H groups in total. The van der Waals surface area contributed by atoms with Gasteiger partial charge in [0.1, 0.15) is 5.82 Å². The van der Waals surface area contributed by atoms with Gasteiger partial charge in [-0.1, -0.05) is 6.92 Å². The Bertz CT molecular complexity index is 570. The molecule has 2 rings (SSSR count). The molecule has 0 bridgehead atoms. The average Bonchev–Trinajstić information content (AvgIpc) is 2.74. The van der Waals surface area contributed by atoms with Crippen LogP contribution in [0.2, 0.25) is 0 Å². The highest BCUT2D eigenvalue weighted by Gasteiger charge is 2.10. The van der Waals surface area contributed by atoms with Crippen LogP contribution in [0.15, 0.2) is 16.7 Å². The molecular weight excluding hydrogens is 320 g/mol. The summed E-state index contributed by atoms with van der Waals surface area (Å²) >= 11 is 3.46. The van der Waals surface area contributed by atoms with Gasteiger partial charge >= 0.3 is 0 Å². The van der Waals surface area contributed by atoms with Crippen molar-refractivity contribution in [2.24, 2.45) is 0 Å². The Kier molecular flexibility index (Phi) is 5.51. The van der Waals surface area contributed by atoms with Crippen LogP contribution in [0.5, 0.6) is 0 Å². The molecule has 0 fully saturated rings. The van der Waals surface area contributed by atoms with E-state index in [2.05, 4.69) is 48.4 Å². The van der Waals surface area contributed by atoms with Crippen LogP contribution in [0.3, 0.4) is 0 Å². The number of hydrogen-bond donors (Lipinski definition) is 1. The zero-order valence-electron chi connectivity index (χ0n) is 12.0. The van der Waals surface area contributed by atoms with E-state index in [0.29, 0.717) is 0 Å². The molecule has 0 unspecified atom stereocenters. The number of pyridine rings is 1. The molecule has 2 aromatic heterocycles. The summed E-state index contributed by atoms with van der Waals surface area (Å²) in [7, 11) is 0. The van der Waals surface area contributed by atoms with E-state index >= 15 is 0 Å². The van der Waals surface area contributed by atoms with Crippen molar-refractivity contribution >= 4 is 27.1 Å². The van der Waals surface area contributed by atoms with Crippen LogP contribution in [0.25, 0.3) is 11.2 Å². The fraction of sp³-hybridized carbons (Fsp3) is 0.571. The lowest BCUT2D eigenvalue weighted by molar-refractivity contribution is 0.225. The topological polar surface area (TPSA) is 54.2 Å². The van der Waals surface area contributed by atoms with Gasteiger partial charge in [-0.25, -0.2) is 9.97 Å². The molecule has 0 saturated carbocycles. The Morgan fingerprint density at radius 1 is 1.40 bits per heavy atom. The summed E-state index contributed by atoms with van der Waals surface area (Å²) < 4.78 is 3.17. The molecule has 0 aliphatic heterocycles. The molecule has 110 valence electrons. The van der Waals surface area contributed by atoms with Gasteiger partial charge in [0, 0.05) is 36.9 Å². The molecule has 0 aliphatic rings. The van der Waals surface area contributed by atoms with Crippen molar-refractivity contribution in [2.75, 3.05) is 26.2 Å². The van der Waals surface area contributed by atoms with Gasteiger partial charge < -0.3 is 14.6 Å². The number of hydrogen-bond acceptors (Lipinski definition) is 4. The van der Waals surface area contributed by atoms with Crippen molar-refractivity contribution in [1.82, 2.24) is 19.4 Å². The molecule has 20 heavy (non-hydrogen) atoms. The van der Waals surface area contributed by atoms with Crippen LogP contribution in [-0.4, -0.2) is 50.8 Å². The van der Waals surface area contributed by atoms with E-state index in [-0.39, 0.29) is 6.61 Å². The van der Waals surface area contributed by atoms with Crippen LogP contribution in [0, 0.1) is 6.92 Å². The number of imidazole rings is 1. The van der Waals surface area contributed by atoms with E-state index < -0.39 is 0 Å². The van der Waals surface area contributed by atoms with Crippen LogP contribution < -0.4 is 0 Å². The standard InChI is InChI=1S/C14H21BrN4O/c1-3-18(5-4-8-20)6-7-19-11(2)17-14-13(19)9-12(15)10-16-14/h9-10,20H,3-8H2,1-2H3. The van der Waals surface area contributed by atoms with Gasteiger partial charge in [-0.3, -0.25) is 0 Å². The second-order valence-corrected chi connectivity index (χ2v) is 5.73. The minimum atomic E-state index is 0.250. The summed E-state index contributed by atoms with van der Waals surface area (Å²) in [5.41, 5.74) is 1.86. The first-order valence-electron chi connectivity index (χ1n) is 6.97. The Morgan fingerprint density at radius 2 is 2.20 bits per heavy atom. The highest BCUT2D eigenvalue weighted by atomic mass is 79.9. The fourth-order valence-corrected chi connectivity index (χ4v) is 2.66. The van der Waals surface area contributed by atoms with Gasteiger partial charge in [0.05, 0.1) is 5.52 Å². The second kappa shape index (κ2) is 7.15.